The Morgan fingerprint density at radius 1 is 1.38 bits per heavy atom. The summed E-state index contributed by atoms with van der Waals surface area (Å²) in [5, 5.41) is 6.84. The van der Waals surface area contributed by atoms with Gasteiger partial charge in [-0.05, 0) is 29.3 Å². The molecule has 0 saturated carbocycles. The summed E-state index contributed by atoms with van der Waals surface area (Å²) in [6.45, 7) is 0. The van der Waals surface area contributed by atoms with Crippen molar-refractivity contribution >= 4 is 11.6 Å². The van der Waals surface area contributed by atoms with Gasteiger partial charge >= 0.3 is 0 Å². The van der Waals surface area contributed by atoms with Crippen LogP contribution in [0.5, 0.6) is 0 Å². The molecule has 0 saturated heterocycles. The summed E-state index contributed by atoms with van der Waals surface area (Å²) in [6.07, 6.45) is 2.22. The summed E-state index contributed by atoms with van der Waals surface area (Å²) in [6, 6.07) is 7.95. The van der Waals surface area contributed by atoms with Crippen molar-refractivity contribution in [1.82, 2.24) is 10.2 Å². The number of aromatic amines is 1. The molecule has 4 heteroatoms. The first-order valence-electron chi connectivity index (χ1n) is 5.15. The molecule has 1 N–H and O–H groups in total. The Bertz CT molecular complexity index is 545. The number of hydrogen-bond acceptors (Lipinski definition) is 2. The van der Waals surface area contributed by atoms with Crippen molar-refractivity contribution in [2.24, 2.45) is 0 Å². The van der Waals surface area contributed by atoms with E-state index >= 15 is 0 Å². The van der Waals surface area contributed by atoms with Gasteiger partial charge in [0.1, 0.15) is 0 Å². The summed E-state index contributed by atoms with van der Waals surface area (Å²) in [5.41, 5.74) is 4.14. The number of amides is 1. The molecule has 2 aromatic rings. The smallest absolute Gasteiger partial charge is 0.231 e. The first-order valence-corrected chi connectivity index (χ1v) is 5.15. The van der Waals surface area contributed by atoms with E-state index in [9.17, 15) is 4.79 Å². The third kappa shape index (κ3) is 1.23. The highest BCUT2D eigenvalue weighted by Gasteiger charge is 2.23. The first-order chi connectivity index (χ1) is 7.75. The Morgan fingerprint density at radius 2 is 2.25 bits per heavy atom. The summed E-state index contributed by atoms with van der Waals surface area (Å²) in [5.74, 6) is 0.150. The third-order valence-electron chi connectivity index (χ3n) is 2.97. The topological polar surface area (TPSA) is 49.0 Å². The van der Waals surface area contributed by atoms with Crippen LogP contribution < -0.4 is 4.90 Å². The fourth-order valence-electron chi connectivity index (χ4n) is 2.05. The Labute approximate surface area is 92.9 Å². The maximum Gasteiger partial charge on any atom is 0.231 e. The molecule has 1 aliphatic rings. The quantitative estimate of drug-likeness (QED) is 0.782. The van der Waals surface area contributed by atoms with Crippen molar-refractivity contribution < 1.29 is 4.79 Å². The SMILES string of the molecule is CN1C(=O)Cc2cc(-c3ccn[nH]3)ccc21. The van der Waals surface area contributed by atoms with Crippen molar-refractivity contribution in [3.8, 4) is 11.3 Å². The Morgan fingerprint density at radius 3 is 3.00 bits per heavy atom. The number of aromatic nitrogens is 2. The number of likely N-dealkylation sites (N-methyl/N-ethyl adjacent to an activating group) is 1. The predicted octanol–water partition coefficient (Wildman–Crippen LogP) is 1.60. The van der Waals surface area contributed by atoms with Gasteiger partial charge in [-0.25, -0.2) is 0 Å². The van der Waals surface area contributed by atoms with Gasteiger partial charge in [0.2, 0.25) is 5.91 Å². The molecule has 0 bridgehead atoms. The molecule has 0 radical (unpaired) electrons. The average molecular weight is 213 g/mol. The van der Waals surface area contributed by atoms with Gasteiger partial charge < -0.3 is 4.90 Å². The molecule has 16 heavy (non-hydrogen) atoms. The van der Waals surface area contributed by atoms with Crippen LogP contribution in [0.1, 0.15) is 5.56 Å². The average Bonchev–Trinajstić information content (AvgIpc) is 2.88. The largest absolute Gasteiger partial charge is 0.315 e. The third-order valence-corrected chi connectivity index (χ3v) is 2.97. The van der Waals surface area contributed by atoms with Gasteiger partial charge in [0.15, 0.2) is 0 Å². The van der Waals surface area contributed by atoms with Gasteiger partial charge in [-0.1, -0.05) is 6.07 Å². The predicted molar refractivity (Wildman–Crippen MR) is 61.1 cm³/mol. The molecule has 0 aliphatic carbocycles. The second-order valence-electron chi connectivity index (χ2n) is 3.94. The van der Waals surface area contributed by atoms with Gasteiger partial charge in [-0.2, -0.15) is 5.10 Å². The van der Waals surface area contributed by atoms with E-state index in [4.69, 9.17) is 0 Å². The van der Waals surface area contributed by atoms with Crippen molar-refractivity contribution in [1.29, 1.82) is 0 Å². The van der Waals surface area contributed by atoms with Crippen molar-refractivity contribution in [2.45, 2.75) is 6.42 Å². The number of carbonyl (C=O) groups is 1. The molecule has 1 amide bonds. The maximum absolute atomic E-state index is 11.5. The molecule has 2 heterocycles. The number of fused-ring (bicyclic) bond motifs is 1. The number of nitrogens with one attached hydrogen (secondary N) is 1. The van der Waals surface area contributed by atoms with Crippen LogP contribution in [0.2, 0.25) is 0 Å². The lowest BCUT2D eigenvalue weighted by molar-refractivity contribution is -0.117. The second-order valence-corrected chi connectivity index (χ2v) is 3.94. The van der Waals surface area contributed by atoms with Crippen LogP contribution in [-0.2, 0) is 11.2 Å². The fourth-order valence-corrected chi connectivity index (χ4v) is 2.05. The number of anilines is 1. The minimum absolute atomic E-state index is 0.150. The highest BCUT2D eigenvalue weighted by atomic mass is 16.2. The number of benzene rings is 1. The molecule has 3 rings (SSSR count). The van der Waals surface area contributed by atoms with Gasteiger partial charge in [-0.15, -0.1) is 0 Å². The van der Waals surface area contributed by atoms with E-state index < -0.39 is 0 Å². The molecule has 0 unspecified atom stereocenters. The normalized spacial score (nSPS) is 14.3. The Balaban J connectivity index is 2.08. The lowest BCUT2D eigenvalue weighted by Crippen LogP contribution is -2.20. The van der Waals surface area contributed by atoms with Gasteiger partial charge in [0.25, 0.3) is 0 Å². The minimum atomic E-state index is 0.150. The number of hydrogen-bond donors (Lipinski definition) is 1. The van der Waals surface area contributed by atoms with Crippen LogP contribution in [0.4, 0.5) is 5.69 Å². The van der Waals surface area contributed by atoms with E-state index in [0.29, 0.717) is 6.42 Å². The van der Waals surface area contributed by atoms with Crippen LogP contribution in [0, 0.1) is 0 Å². The van der Waals surface area contributed by atoms with Crippen LogP contribution in [0.15, 0.2) is 30.5 Å². The van der Waals surface area contributed by atoms with E-state index in [1.165, 1.54) is 0 Å². The van der Waals surface area contributed by atoms with E-state index in [-0.39, 0.29) is 5.91 Å². The molecule has 1 aromatic heterocycles. The highest BCUT2D eigenvalue weighted by Crippen LogP contribution is 2.31. The van der Waals surface area contributed by atoms with Gasteiger partial charge in [-0.3, -0.25) is 9.89 Å². The zero-order valence-corrected chi connectivity index (χ0v) is 8.90. The van der Waals surface area contributed by atoms with Crippen LogP contribution >= 0.6 is 0 Å². The lowest BCUT2D eigenvalue weighted by Gasteiger charge is -2.09. The fraction of sp³-hybridized carbons (Fsp3) is 0.167. The van der Waals surface area contributed by atoms with Crippen LogP contribution in [0.3, 0.4) is 0 Å². The molecule has 0 atom stereocenters. The number of nitrogens with zero attached hydrogens (tertiary/aromatic N) is 2. The van der Waals surface area contributed by atoms with Crippen molar-refractivity contribution in [2.75, 3.05) is 11.9 Å². The number of rotatable bonds is 1. The molecule has 1 aromatic carbocycles. The van der Waals surface area contributed by atoms with E-state index in [0.717, 1.165) is 22.5 Å². The molecular weight excluding hydrogens is 202 g/mol. The molecule has 4 nitrogen and oxygen atoms in total. The Kier molecular flexibility index (Phi) is 1.83. The van der Waals surface area contributed by atoms with E-state index in [1.54, 1.807) is 11.1 Å². The minimum Gasteiger partial charge on any atom is -0.315 e. The van der Waals surface area contributed by atoms with Gasteiger partial charge in [0.05, 0.1) is 12.1 Å². The van der Waals surface area contributed by atoms with Crippen molar-refractivity contribution in [3.63, 3.8) is 0 Å². The number of H-pyrrole nitrogens is 1. The van der Waals surface area contributed by atoms with E-state index in [2.05, 4.69) is 10.2 Å². The summed E-state index contributed by atoms with van der Waals surface area (Å²) in [7, 11) is 1.81. The number of carbonyl (C=O) groups excluding carboxylic acids is 1. The molecular formula is C12H11N3O. The van der Waals surface area contributed by atoms with Crippen LogP contribution in [-0.4, -0.2) is 23.2 Å². The van der Waals surface area contributed by atoms with E-state index in [1.807, 2.05) is 31.3 Å². The van der Waals surface area contributed by atoms with Crippen LogP contribution in [0.25, 0.3) is 11.3 Å². The second kappa shape index (κ2) is 3.20. The molecule has 0 fully saturated rings. The summed E-state index contributed by atoms with van der Waals surface area (Å²) < 4.78 is 0. The highest BCUT2D eigenvalue weighted by molar-refractivity contribution is 6.01. The monoisotopic (exact) mass is 213 g/mol. The van der Waals surface area contributed by atoms with Crippen molar-refractivity contribution in [3.05, 3.63) is 36.0 Å². The molecule has 80 valence electrons. The molecule has 0 spiro atoms. The molecule has 1 aliphatic heterocycles. The standard InChI is InChI=1S/C12H11N3O/c1-15-11-3-2-8(10-4-5-13-14-10)6-9(11)7-12(15)16/h2-6H,7H2,1H3,(H,13,14). The lowest BCUT2D eigenvalue weighted by atomic mass is 10.1. The zero-order valence-electron chi connectivity index (χ0n) is 8.90. The first kappa shape index (κ1) is 9.15. The summed E-state index contributed by atoms with van der Waals surface area (Å²) in [4.78, 5) is 13.2. The maximum atomic E-state index is 11.5. The Hall–Kier alpha value is -2.10. The zero-order chi connectivity index (χ0) is 11.1. The summed E-state index contributed by atoms with van der Waals surface area (Å²) >= 11 is 0. The van der Waals surface area contributed by atoms with Gasteiger partial charge in [0, 0.05) is 18.9 Å².